The molecule has 3 aromatic rings. The predicted octanol–water partition coefficient (Wildman–Crippen LogP) is 3.22. The van der Waals surface area contributed by atoms with Crippen molar-refractivity contribution in [3.8, 4) is 17.2 Å². The number of fused-ring (bicyclic) bond motifs is 1. The molecule has 0 aliphatic heterocycles. The van der Waals surface area contributed by atoms with E-state index in [1.54, 1.807) is 31.6 Å². The second-order valence-corrected chi connectivity index (χ2v) is 6.54. The molecule has 3 rings (SSSR count). The highest BCUT2D eigenvalue weighted by atomic mass is 16.5. The number of benzene rings is 1. The molecule has 1 aromatic carbocycles. The summed E-state index contributed by atoms with van der Waals surface area (Å²) in [6.45, 7) is 4.08. The van der Waals surface area contributed by atoms with Gasteiger partial charge >= 0.3 is 0 Å². The van der Waals surface area contributed by atoms with Crippen molar-refractivity contribution in [1.29, 1.82) is 0 Å². The number of anilines is 1. The molecule has 0 aliphatic rings. The zero-order valence-corrected chi connectivity index (χ0v) is 16.6. The first-order chi connectivity index (χ1) is 13.5. The third-order valence-electron chi connectivity index (χ3n) is 4.34. The first-order valence-corrected chi connectivity index (χ1v) is 8.89. The Bertz CT molecular complexity index is 997. The number of carbonyl (C=O) groups is 1. The molecule has 0 unspecified atom stereocenters. The smallest absolute Gasteiger partial charge is 0.228 e. The van der Waals surface area contributed by atoms with E-state index in [2.05, 4.69) is 15.4 Å². The number of pyridine rings is 1. The molecule has 0 saturated heterocycles. The molecule has 8 heteroatoms. The number of nitrogens with zero attached hydrogens (tertiary/aromatic N) is 3. The highest BCUT2D eigenvalue weighted by Gasteiger charge is 2.18. The highest BCUT2D eigenvalue weighted by Crippen LogP contribution is 2.40. The van der Waals surface area contributed by atoms with Crippen LogP contribution in [0, 0.1) is 0 Å². The van der Waals surface area contributed by atoms with E-state index in [1.165, 1.54) is 14.2 Å². The standard InChI is InChI=1S/C20H24N4O4/c1-12(2)24-20-14(10-22-24)8-15(11-21-20)23-17(25)9-13-6-7-16(26-3)19(28-5)18(13)27-4/h6-8,10-12H,9H2,1-5H3,(H,23,25). The molecule has 148 valence electrons. The van der Waals surface area contributed by atoms with Gasteiger partial charge in [0.05, 0.1) is 45.8 Å². The number of nitrogens with one attached hydrogen (secondary N) is 1. The number of hydrogen-bond acceptors (Lipinski definition) is 6. The first kappa shape index (κ1) is 19.5. The number of methoxy groups -OCH3 is 3. The average molecular weight is 384 g/mol. The van der Waals surface area contributed by atoms with Crippen LogP contribution in [0.1, 0.15) is 25.5 Å². The van der Waals surface area contributed by atoms with Crippen LogP contribution >= 0.6 is 0 Å². The minimum atomic E-state index is -0.192. The van der Waals surface area contributed by atoms with E-state index >= 15 is 0 Å². The van der Waals surface area contributed by atoms with Crippen LogP contribution in [-0.4, -0.2) is 42.0 Å². The number of carbonyl (C=O) groups excluding carboxylic acids is 1. The summed E-state index contributed by atoms with van der Waals surface area (Å²) in [4.78, 5) is 17.0. The van der Waals surface area contributed by atoms with Crippen LogP contribution in [0.4, 0.5) is 5.69 Å². The van der Waals surface area contributed by atoms with Crippen LogP contribution in [0.3, 0.4) is 0 Å². The lowest BCUT2D eigenvalue weighted by atomic mass is 10.1. The van der Waals surface area contributed by atoms with Crippen molar-refractivity contribution in [1.82, 2.24) is 14.8 Å². The van der Waals surface area contributed by atoms with Gasteiger partial charge in [0.2, 0.25) is 11.7 Å². The second kappa shape index (κ2) is 8.16. The van der Waals surface area contributed by atoms with Crippen molar-refractivity contribution in [2.24, 2.45) is 0 Å². The van der Waals surface area contributed by atoms with Gasteiger partial charge in [-0.1, -0.05) is 6.07 Å². The van der Waals surface area contributed by atoms with Gasteiger partial charge in [-0.2, -0.15) is 5.10 Å². The van der Waals surface area contributed by atoms with Gasteiger partial charge in [-0.25, -0.2) is 9.67 Å². The Labute approximate surface area is 163 Å². The Morgan fingerprint density at radius 3 is 2.50 bits per heavy atom. The third-order valence-corrected chi connectivity index (χ3v) is 4.34. The molecule has 2 aromatic heterocycles. The Morgan fingerprint density at radius 1 is 1.11 bits per heavy atom. The van der Waals surface area contributed by atoms with Gasteiger partial charge in [-0.15, -0.1) is 0 Å². The number of ether oxygens (including phenoxy) is 3. The van der Waals surface area contributed by atoms with Crippen molar-refractivity contribution in [2.75, 3.05) is 26.6 Å². The topological polar surface area (TPSA) is 87.5 Å². The number of rotatable bonds is 7. The van der Waals surface area contributed by atoms with Crippen LogP contribution in [0.25, 0.3) is 11.0 Å². The maximum absolute atomic E-state index is 12.6. The normalized spacial score (nSPS) is 10.9. The van der Waals surface area contributed by atoms with Gasteiger partial charge in [0, 0.05) is 17.0 Å². The van der Waals surface area contributed by atoms with Gasteiger partial charge in [0.25, 0.3) is 0 Å². The summed E-state index contributed by atoms with van der Waals surface area (Å²) in [5, 5.41) is 8.08. The Balaban J connectivity index is 1.80. The fourth-order valence-electron chi connectivity index (χ4n) is 3.07. The van der Waals surface area contributed by atoms with Crippen LogP contribution in [0.5, 0.6) is 17.2 Å². The van der Waals surface area contributed by atoms with E-state index < -0.39 is 0 Å². The average Bonchev–Trinajstić information content (AvgIpc) is 3.10. The summed E-state index contributed by atoms with van der Waals surface area (Å²) in [5.74, 6) is 1.28. The van der Waals surface area contributed by atoms with E-state index in [0.717, 1.165) is 11.0 Å². The van der Waals surface area contributed by atoms with Crippen molar-refractivity contribution in [2.45, 2.75) is 26.3 Å². The van der Waals surface area contributed by atoms with Crippen molar-refractivity contribution < 1.29 is 19.0 Å². The maximum atomic E-state index is 12.6. The zero-order valence-electron chi connectivity index (χ0n) is 16.6. The van der Waals surface area contributed by atoms with Crippen LogP contribution in [-0.2, 0) is 11.2 Å². The quantitative estimate of drug-likeness (QED) is 0.673. The van der Waals surface area contributed by atoms with E-state index in [-0.39, 0.29) is 18.4 Å². The number of amides is 1. The maximum Gasteiger partial charge on any atom is 0.228 e. The molecule has 0 atom stereocenters. The highest BCUT2D eigenvalue weighted by molar-refractivity contribution is 5.94. The lowest BCUT2D eigenvalue weighted by Crippen LogP contribution is -2.15. The van der Waals surface area contributed by atoms with Gasteiger partial charge in [0.1, 0.15) is 0 Å². The van der Waals surface area contributed by atoms with E-state index in [4.69, 9.17) is 14.2 Å². The largest absolute Gasteiger partial charge is 0.493 e. The molecule has 1 amide bonds. The van der Waals surface area contributed by atoms with Gasteiger partial charge < -0.3 is 19.5 Å². The number of hydrogen-bond donors (Lipinski definition) is 1. The minimum absolute atomic E-state index is 0.118. The molecule has 0 bridgehead atoms. The monoisotopic (exact) mass is 384 g/mol. The van der Waals surface area contributed by atoms with Crippen LogP contribution in [0.2, 0.25) is 0 Å². The Kier molecular flexibility index (Phi) is 5.67. The van der Waals surface area contributed by atoms with Crippen molar-refractivity contribution >= 4 is 22.6 Å². The van der Waals surface area contributed by atoms with Gasteiger partial charge in [-0.05, 0) is 26.0 Å². The van der Waals surface area contributed by atoms with Gasteiger partial charge in [-0.3, -0.25) is 4.79 Å². The molecular weight excluding hydrogens is 360 g/mol. The molecule has 1 N–H and O–H groups in total. The fraction of sp³-hybridized carbons (Fsp3) is 0.350. The summed E-state index contributed by atoms with van der Waals surface area (Å²) >= 11 is 0. The molecule has 0 spiro atoms. The molecule has 8 nitrogen and oxygen atoms in total. The van der Waals surface area contributed by atoms with E-state index in [0.29, 0.717) is 28.5 Å². The molecule has 0 fully saturated rings. The first-order valence-electron chi connectivity index (χ1n) is 8.89. The molecule has 2 heterocycles. The third kappa shape index (κ3) is 3.71. The SMILES string of the molecule is COc1ccc(CC(=O)Nc2cnc3c(cnn3C(C)C)c2)c(OC)c1OC. The van der Waals surface area contributed by atoms with Crippen LogP contribution in [0.15, 0.2) is 30.6 Å². The summed E-state index contributed by atoms with van der Waals surface area (Å²) in [7, 11) is 4.61. The molecule has 28 heavy (non-hydrogen) atoms. The van der Waals surface area contributed by atoms with E-state index in [9.17, 15) is 4.79 Å². The lowest BCUT2D eigenvalue weighted by molar-refractivity contribution is -0.115. The summed E-state index contributed by atoms with van der Waals surface area (Å²) in [6, 6.07) is 5.60. The Hall–Kier alpha value is -3.29. The van der Waals surface area contributed by atoms with E-state index in [1.807, 2.05) is 24.6 Å². The number of aromatic nitrogens is 3. The molecular formula is C20H24N4O4. The van der Waals surface area contributed by atoms with Gasteiger partial charge in [0.15, 0.2) is 17.1 Å². The lowest BCUT2D eigenvalue weighted by Gasteiger charge is -2.15. The summed E-state index contributed by atoms with van der Waals surface area (Å²) in [5.41, 5.74) is 2.09. The van der Waals surface area contributed by atoms with Crippen LogP contribution < -0.4 is 19.5 Å². The summed E-state index contributed by atoms with van der Waals surface area (Å²) in [6.07, 6.45) is 3.49. The second-order valence-electron chi connectivity index (χ2n) is 6.54. The molecule has 0 aliphatic carbocycles. The predicted molar refractivity (Wildman–Crippen MR) is 106 cm³/mol. The molecule has 0 radical (unpaired) electrons. The molecule has 0 saturated carbocycles. The Morgan fingerprint density at radius 2 is 1.86 bits per heavy atom. The summed E-state index contributed by atoms with van der Waals surface area (Å²) < 4.78 is 17.9. The van der Waals surface area contributed by atoms with Crippen molar-refractivity contribution in [3.63, 3.8) is 0 Å². The minimum Gasteiger partial charge on any atom is -0.493 e. The zero-order chi connectivity index (χ0) is 20.3. The fourth-order valence-corrected chi connectivity index (χ4v) is 3.07. The van der Waals surface area contributed by atoms with Crippen molar-refractivity contribution in [3.05, 3.63) is 36.2 Å².